The molecule has 2 atom stereocenters. The summed E-state index contributed by atoms with van der Waals surface area (Å²) in [4.78, 5) is 13.7. The fourth-order valence-electron chi connectivity index (χ4n) is 1.99. The minimum Gasteiger partial charge on any atom is -0.390 e. The fourth-order valence-corrected chi connectivity index (χ4v) is 2.12. The highest BCUT2D eigenvalue weighted by Gasteiger charge is 2.31. The molecule has 0 aliphatic carbocycles. The Hall–Kier alpha value is -1.10. The maximum absolute atomic E-state index is 12.1. The minimum atomic E-state index is -0.503. The fraction of sp³-hybridized carbons (Fsp3) is 0.417. The van der Waals surface area contributed by atoms with Crippen molar-refractivity contribution in [3.05, 3.63) is 34.9 Å². The number of rotatable bonds is 2. The molecule has 1 amide bonds. The van der Waals surface area contributed by atoms with Gasteiger partial charge in [-0.3, -0.25) is 4.79 Å². The molecule has 0 bridgehead atoms. The van der Waals surface area contributed by atoms with Crippen LogP contribution in [0.3, 0.4) is 0 Å². The second kappa shape index (κ2) is 5.04. The Labute approximate surface area is 105 Å². The first kappa shape index (κ1) is 12.4. The second-order valence-corrected chi connectivity index (χ2v) is 4.65. The van der Waals surface area contributed by atoms with Crippen LogP contribution in [-0.4, -0.2) is 48.2 Å². The van der Waals surface area contributed by atoms with Crippen LogP contribution >= 0.6 is 11.6 Å². The number of aliphatic hydroxyl groups excluding tert-OH is 1. The highest BCUT2D eigenvalue weighted by atomic mass is 35.5. The third-order valence-corrected chi connectivity index (χ3v) is 3.31. The van der Waals surface area contributed by atoms with Gasteiger partial charge in [0.1, 0.15) is 0 Å². The average molecular weight is 255 g/mol. The van der Waals surface area contributed by atoms with Crippen LogP contribution in [0.5, 0.6) is 0 Å². The van der Waals surface area contributed by atoms with Gasteiger partial charge in [-0.05, 0) is 24.3 Å². The van der Waals surface area contributed by atoms with Crippen molar-refractivity contribution in [1.82, 2.24) is 10.2 Å². The van der Waals surface area contributed by atoms with Gasteiger partial charge >= 0.3 is 0 Å². The highest BCUT2D eigenvalue weighted by Crippen LogP contribution is 2.14. The molecule has 1 saturated heterocycles. The van der Waals surface area contributed by atoms with Crippen molar-refractivity contribution in [2.45, 2.75) is 12.1 Å². The second-order valence-electron chi connectivity index (χ2n) is 4.22. The lowest BCUT2D eigenvalue weighted by Gasteiger charge is -2.26. The van der Waals surface area contributed by atoms with Gasteiger partial charge in [0.15, 0.2) is 0 Å². The van der Waals surface area contributed by atoms with Crippen LogP contribution in [0.4, 0.5) is 0 Å². The number of carbonyl (C=O) groups is 1. The smallest absolute Gasteiger partial charge is 0.253 e. The quantitative estimate of drug-likeness (QED) is 0.819. The molecule has 2 rings (SSSR count). The summed E-state index contributed by atoms with van der Waals surface area (Å²) in [5.74, 6) is -0.102. The van der Waals surface area contributed by atoms with Gasteiger partial charge < -0.3 is 15.3 Å². The van der Waals surface area contributed by atoms with Gasteiger partial charge in [0.2, 0.25) is 0 Å². The summed E-state index contributed by atoms with van der Waals surface area (Å²) in [6.07, 6.45) is -0.503. The van der Waals surface area contributed by atoms with Gasteiger partial charge in [-0.1, -0.05) is 11.6 Å². The van der Waals surface area contributed by atoms with Gasteiger partial charge in [-0.15, -0.1) is 0 Å². The maximum atomic E-state index is 12.1. The molecule has 1 aromatic carbocycles. The average Bonchev–Trinajstić information content (AvgIpc) is 2.74. The molecule has 0 aromatic heterocycles. The Kier molecular flexibility index (Phi) is 3.66. The van der Waals surface area contributed by atoms with E-state index in [1.807, 2.05) is 0 Å². The van der Waals surface area contributed by atoms with E-state index in [1.165, 1.54) is 0 Å². The molecule has 0 unspecified atom stereocenters. The number of hydrogen-bond donors (Lipinski definition) is 2. The molecule has 1 fully saturated rings. The van der Waals surface area contributed by atoms with E-state index in [0.717, 1.165) is 0 Å². The third-order valence-electron chi connectivity index (χ3n) is 3.06. The summed E-state index contributed by atoms with van der Waals surface area (Å²) in [5, 5.41) is 13.4. The SMILES string of the molecule is CN(C(=O)c1ccc(Cl)cc1)[C@@H]1CNC[C@H]1O. The van der Waals surface area contributed by atoms with E-state index in [4.69, 9.17) is 11.6 Å². The number of β-amino-alcohol motifs (C(OH)–C–C–N with tert-alkyl or cyclic N) is 1. The zero-order valence-corrected chi connectivity index (χ0v) is 10.3. The number of nitrogens with one attached hydrogen (secondary N) is 1. The van der Waals surface area contributed by atoms with Crippen LogP contribution in [0, 0.1) is 0 Å². The lowest BCUT2D eigenvalue weighted by atomic mass is 10.1. The van der Waals surface area contributed by atoms with E-state index in [1.54, 1.807) is 36.2 Å². The van der Waals surface area contributed by atoms with Crippen molar-refractivity contribution in [1.29, 1.82) is 0 Å². The molecule has 0 spiro atoms. The highest BCUT2D eigenvalue weighted by molar-refractivity contribution is 6.30. The maximum Gasteiger partial charge on any atom is 0.253 e. The Balaban J connectivity index is 2.11. The van der Waals surface area contributed by atoms with E-state index < -0.39 is 6.10 Å². The third kappa shape index (κ3) is 2.60. The van der Waals surface area contributed by atoms with Crippen molar-refractivity contribution >= 4 is 17.5 Å². The molecule has 0 radical (unpaired) electrons. The Morgan fingerprint density at radius 3 is 2.59 bits per heavy atom. The molecule has 0 saturated carbocycles. The number of benzene rings is 1. The van der Waals surface area contributed by atoms with E-state index in [-0.39, 0.29) is 11.9 Å². The molecule has 1 aliphatic rings. The van der Waals surface area contributed by atoms with Crippen LogP contribution in [-0.2, 0) is 0 Å². The van der Waals surface area contributed by atoms with E-state index in [9.17, 15) is 9.90 Å². The number of halogens is 1. The molecule has 1 aliphatic heterocycles. The predicted molar refractivity (Wildman–Crippen MR) is 66.2 cm³/mol. The van der Waals surface area contributed by atoms with E-state index in [2.05, 4.69) is 5.32 Å². The van der Waals surface area contributed by atoms with Gasteiger partial charge in [-0.2, -0.15) is 0 Å². The van der Waals surface area contributed by atoms with Gasteiger partial charge in [0.25, 0.3) is 5.91 Å². The van der Waals surface area contributed by atoms with Crippen LogP contribution in [0.25, 0.3) is 0 Å². The first-order chi connectivity index (χ1) is 8.09. The van der Waals surface area contributed by atoms with E-state index in [0.29, 0.717) is 23.7 Å². The molecule has 2 N–H and O–H groups in total. The normalized spacial score (nSPS) is 23.7. The number of aliphatic hydroxyl groups is 1. The minimum absolute atomic E-state index is 0.102. The first-order valence-corrected chi connectivity index (χ1v) is 5.89. The molecule has 5 heteroatoms. The molecule has 4 nitrogen and oxygen atoms in total. The summed E-state index contributed by atoms with van der Waals surface area (Å²) >= 11 is 5.77. The number of amides is 1. The summed E-state index contributed by atoms with van der Waals surface area (Å²) in [5.41, 5.74) is 0.580. The molecule has 1 aromatic rings. The Morgan fingerprint density at radius 1 is 1.41 bits per heavy atom. The van der Waals surface area contributed by atoms with Crippen molar-refractivity contribution in [2.75, 3.05) is 20.1 Å². The molecular weight excluding hydrogens is 240 g/mol. The number of hydrogen-bond acceptors (Lipinski definition) is 3. The van der Waals surface area contributed by atoms with Gasteiger partial charge in [0, 0.05) is 30.7 Å². The zero-order chi connectivity index (χ0) is 12.4. The Morgan fingerprint density at radius 2 is 2.06 bits per heavy atom. The van der Waals surface area contributed by atoms with Crippen molar-refractivity contribution in [3.63, 3.8) is 0 Å². The lowest BCUT2D eigenvalue weighted by Crippen LogP contribution is -2.44. The van der Waals surface area contributed by atoms with Crippen LogP contribution < -0.4 is 5.32 Å². The van der Waals surface area contributed by atoms with Gasteiger partial charge in [-0.25, -0.2) is 0 Å². The van der Waals surface area contributed by atoms with E-state index >= 15 is 0 Å². The lowest BCUT2D eigenvalue weighted by molar-refractivity contribution is 0.0581. The van der Waals surface area contributed by atoms with Crippen LogP contribution in [0.1, 0.15) is 10.4 Å². The Bertz CT molecular complexity index is 407. The van der Waals surface area contributed by atoms with Crippen molar-refractivity contribution < 1.29 is 9.90 Å². The monoisotopic (exact) mass is 254 g/mol. The predicted octanol–water partition coefficient (Wildman–Crippen LogP) is 0.745. The number of likely N-dealkylation sites (N-methyl/N-ethyl adjacent to an activating group) is 1. The van der Waals surface area contributed by atoms with Crippen molar-refractivity contribution in [3.8, 4) is 0 Å². The summed E-state index contributed by atoms with van der Waals surface area (Å²) in [6.45, 7) is 1.15. The number of nitrogens with zero attached hydrogens (tertiary/aromatic N) is 1. The number of carbonyl (C=O) groups excluding carboxylic acids is 1. The summed E-state index contributed by atoms with van der Waals surface area (Å²) < 4.78 is 0. The largest absolute Gasteiger partial charge is 0.390 e. The molecular formula is C12H15ClN2O2. The first-order valence-electron chi connectivity index (χ1n) is 5.51. The summed E-state index contributed by atoms with van der Waals surface area (Å²) in [6, 6.07) is 6.59. The molecule has 17 heavy (non-hydrogen) atoms. The zero-order valence-electron chi connectivity index (χ0n) is 9.56. The van der Waals surface area contributed by atoms with Gasteiger partial charge in [0.05, 0.1) is 12.1 Å². The molecule has 1 heterocycles. The van der Waals surface area contributed by atoms with Crippen LogP contribution in [0.15, 0.2) is 24.3 Å². The molecule has 92 valence electrons. The summed E-state index contributed by atoms with van der Waals surface area (Å²) in [7, 11) is 1.71. The van der Waals surface area contributed by atoms with Crippen LogP contribution in [0.2, 0.25) is 5.02 Å². The standard InChI is InChI=1S/C12H15ClN2O2/c1-15(10-6-14-7-11(10)16)12(17)8-2-4-9(13)5-3-8/h2-5,10-11,14,16H,6-7H2,1H3/t10-,11-/m1/s1. The van der Waals surface area contributed by atoms with Crippen molar-refractivity contribution in [2.24, 2.45) is 0 Å². The topological polar surface area (TPSA) is 52.6 Å².